The van der Waals surface area contributed by atoms with Crippen molar-refractivity contribution >= 4 is 5.97 Å². The predicted octanol–water partition coefficient (Wildman–Crippen LogP) is 2.85. The van der Waals surface area contributed by atoms with Crippen LogP contribution in [0.3, 0.4) is 0 Å². The monoisotopic (exact) mass is 317 g/mol. The second-order valence-corrected chi connectivity index (χ2v) is 6.81. The normalized spacial score (nSPS) is 21.9. The maximum Gasteiger partial charge on any atom is 0.314 e. The van der Waals surface area contributed by atoms with E-state index in [2.05, 4.69) is 11.0 Å². The van der Waals surface area contributed by atoms with E-state index >= 15 is 0 Å². The fraction of sp³-hybridized carbons (Fsp3) is 0.632. The Morgan fingerprint density at radius 1 is 1.13 bits per heavy atom. The minimum atomic E-state index is -0.667. The van der Waals surface area contributed by atoms with Gasteiger partial charge in [-0.25, -0.2) is 0 Å². The fourth-order valence-corrected chi connectivity index (χ4v) is 4.06. The maximum atomic E-state index is 12.1. The van der Waals surface area contributed by atoms with Crippen LogP contribution >= 0.6 is 0 Å². The van der Waals surface area contributed by atoms with Gasteiger partial charge in [0.1, 0.15) is 0 Å². The minimum Gasteiger partial charge on any atom is -0.481 e. The first-order valence-electron chi connectivity index (χ1n) is 8.84. The summed E-state index contributed by atoms with van der Waals surface area (Å²) in [5.41, 5.74) is 1.60. The van der Waals surface area contributed by atoms with Crippen LogP contribution < -0.4 is 0 Å². The molecule has 2 aliphatic rings. The maximum absolute atomic E-state index is 12.1. The topological polar surface area (TPSA) is 49.8 Å². The molecule has 126 valence electrons. The van der Waals surface area contributed by atoms with E-state index in [1.54, 1.807) is 0 Å². The largest absolute Gasteiger partial charge is 0.481 e. The number of hydrogen-bond acceptors (Lipinski definition) is 3. The quantitative estimate of drug-likeness (QED) is 0.907. The fourth-order valence-electron chi connectivity index (χ4n) is 4.06. The molecule has 4 heteroatoms. The van der Waals surface area contributed by atoms with Gasteiger partial charge >= 0.3 is 5.97 Å². The number of aliphatic carboxylic acids is 1. The summed E-state index contributed by atoms with van der Waals surface area (Å²) in [6, 6.07) is 8.20. The summed E-state index contributed by atoms with van der Waals surface area (Å²) in [7, 11) is 0. The molecular formula is C19H27NO3. The smallest absolute Gasteiger partial charge is 0.314 e. The molecular weight excluding hydrogens is 290 g/mol. The number of rotatable bonds is 5. The van der Waals surface area contributed by atoms with Crippen molar-refractivity contribution in [1.82, 2.24) is 4.90 Å². The van der Waals surface area contributed by atoms with Crippen LogP contribution in [0.25, 0.3) is 0 Å². The van der Waals surface area contributed by atoms with E-state index in [9.17, 15) is 9.90 Å². The second kappa shape index (κ2) is 7.45. The molecule has 23 heavy (non-hydrogen) atoms. The Kier molecular flexibility index (Phi) is 5.34. The lowest BCUT2D eigenvalue weighted by Gasteiger charge is -2.35. The first kappa shape index (κ1) is 16.5. The van der Waals surface area contributed by atoms with Crippen molar-refractivity contribution in [3.8, 4) is 0 Å². The van der Waals surface area contributed by atoms with Crippen LogP contribution in [-0.2, 0) is 21.4 Å². The number of carbonyl (C=O) groups is 1. The van der Waals surface area contributed by atoms with E-state index < -0.39 is 11.4 Å². The van der Waals surface area contributed by atoms with Gasteiger partial charge in [-0.2, -0.15) is 0 Å². The van der Waals surface area contributed by atoms with Crippen molar-refractivity contribution in [2.45, 2.75) is 43.9 Å². The van der Waals surface area contributed by atoms with E-state index in [1.165, 1.54) is 5.56 Å². The third-order valence-electron chi connectivity index (χ3n) is 5.45. The molecule has 3 rings (SSSR count). The average molecular weight is 317 g/mol. The molecule has 4 nitrogen and oxygen atoms in total. The molecule has 1 aromatic rings. The lowest BCUT2D eigenvalue weighted by molar-refractivity contribution is -0.145. The molecule has 0 unspecified atom stereocenters. The Labute approximate surface area is 138 Å². The van der Waals surface area contributed by atoms with Crippen LogP contribution in [-0.4, -0.2) is 48.8 Å². The van der Waals surface area contributed by atoms with E-state index in [0.717, 1.165) is 76.9 Å². The number of carboxylic acids is 1. The Bertz CT molecular complexity index is 531. The van der Waals surface area contributed by atoms with Gasteiger partial charge in [-0.3, -0.25) is 9.69 Å². The Morgan fingerprint density at radius 2 is 1.83 bits per heavy atom. The molecule has 1 saturated carbocycles. The van der Waals surface area contributed by atoms with Gasteiger partial charge in [0.15, 0.2) is 0 Å². The minimum absolute atomic E-state index is 0.643. The van der Waals surface area contributed by atoms with Crippen LogP contribution in [0.4, 0.5) is 0 Å². The van der Waals surface area contributed by atoms with Crippen LogP contribution in [0.2, 0.25) is 0 Å². The highest BCUT2D eigenvalue weighted by atomic mass is 16.5. The van der Waals surface area contributed by atoms with Crippen molar-refractivity contribution in [3.05, 3.63) is 35.4 Å². The summed E-state index contributed by atoms with van der Waals surface area (Å²) in [4.78, 5) is 14.5. The third-order valence-corrected chi connectivity index (χ3v) is 5.45. The number of hydrogen-bond donors (Lipinski definition) is 1. The van der Waals surface area contributed by atoms with Crippen LogP contribution in [0, 0.1) is 0 Å². The number of carboxylic acid groups (broad SMARTS) is 1. The predicted molar refractivity (Wildman–Crippen MR) is 89.8 cm³/mol. The number of morpholine rings is 1. The zero-order valence-electron chi connectivity index (χ0n) is 13.8. The summed E-state index contributed by atoms with van der Waals surface area (Å²) in [6.07, 6.45) is 5.66. The number of benzene rings is 1. The molecule has 1 aromatic carbocycles. The standard InChI is InChI=1S/C19H27NO3/c21-18(22)19(9-4-1-5-10-19)17-7-3-2-6-16(17)8-11-20-12-14-23-15-13-20/h2-3,6-7H,1,4-5,8-15H2,(H,21,22). The summed E-state index contributed by atoms with van der Waals surface area (Å²) >= 11 is 0. The molecule has 1 heterocycles. The van der Waals surface area contributed by atoms with Gasteiger partial charge in [0.25, 0.3) is 0 Å². The molecule has 0 bridgehead atoms. The van der Waals surface area contributed by atoms with Crippen molar-refractivity contribution in [1.29, 1.82) is 0 Å². The van der Waals surface area contributed by atoms with Gasteiger partial charge in [0, 0.05) is 19.6 Å². The molecule has 0 amide bonds. The van der Waals surface area contributed by atoms with Crippen molar-refractivity contribution in [3.63, 3.8) is 0 Å². The Hall–Kier alpha value is -1.39. The molecule has 0 atom stereocenters. The Morgan fingerprint density at radius 3 is 2.52 bits per heavy atom. The highest BCUT2D eigenvalue weighted by Crippen LogP contribution is 2.41. The van der Waals surface area contributed by atoms with Gasteiger partial charge in [-0.15, -0.1) is 0 Å². The first-order valence-corrected chi connectivity index (χ1v) is 8.84. The summed E-state index contributed by atoms with van der Waals surface area (Å²) < 4.78 is 5.40. The van der Waals surface area contributed by atoms with E-state index in [-0.39, 0.29) is 0 Å². The van der Waals surface area contributed by atoms with Crippen LogP contribution in [0.5, 0.6) is 0 Å². The summed E-state index contributed by atoms with van der Waals surface area (Å²) in [6.45, 7) is 4.55. The lowest BCUT2D eigenvalue weighted by Crippen LogP contribution is -2.40. The highest BCUT2D eigenvalue weighted by Gasteiger charge is 2.42. The van der Waals surface area contributed by atoms with Crippen molar-refractivity contribution in [2.75, 3.05) is 32.8 Å². The lowest BCUT2D eigenvalue weighted by atomic mass is 9.68. The SMILES string of the molecule is O=C(O)C1(c2ccccc2CCN2CCOCC2)CCCCC1. The Balaban J connectivity index is 1.79. The first-order chi connectivity index (χ1) is 11.2. The van der Waals surface area contributed by atoms with Gasteiger partial charge in [-0.05, 0) is 30.4 Å². The average Bonchev–Trinajstić information content (AvgIpc) is 2.61. The van der Waals surface area contributed by atoms with Crippen LogP contribution in [0.1, 0.15) is 43.2 Å². The van der Waals surface area contributed by atoms with Crippen LogP contribution in [0.15, 0.2) is 24.3 Å². The highest BCUT2D eigenvalue weighted by molar-refractivity contribution is 5.82. The van der Waals surface area contributed by atoms with E-state index in [1.807, 2.05) is 18.2 Å². The molecule has 1 aliphatic heterocycles. The van der Waals surface area contributed by atoms with E-state index in [4.69, 9.17) is 4.74 Å². The summed E-state index contributed by atoms with van der Waals surface area (Å²) in [5.74, 6) is -0.643. The molecule has 0 aromatic heterocycles. The van der Waals surface area contributed by atoms with Gasteiger partial charge < -0.3 is 9.84 Å². The molecule has 0 spiro atoms. The third kappa shape index (κ3) is 3.59. The number of ether oxygens (including phenoxy) is 1. The molecule has 1 aliphatic carbocycles. The van der Waals surface area contributed by atoms with Crippen molar-refractivity contribution in [2.24, 2.45) is 0 Å². The molecule has 2 fully saturated rings. The van der Waals surface area contributed by atoms with E-state index in [0.29, 0.717) is 0 Å². The summed E-state index contributed by atoms with van der Waals surface area (Å²) in [5, 5.41) is 9.96. The molecule has 0 radical (unpaired) electrons. The zero-order chi connectivity index (χ0) is 16.1. The zero-order valence-corrected chi connectivity index (χ0v) is 13.8. The second-order valence-electron chi connectivity index (χ2n) is 6.81. The number of nitrogens with zero attached hydrogens (tertiary/aromatic N) is 1. The van der Waals surface area contributed by atoms with Crippen molar-refractivity contribution < 1.29 is 14.6 Å². The molecule has 1 saturated heterocycles. The van der Waals surface area contributed by atoms with Gasteiger partial charge in [-0.1, -0.05) is 43.5 Å². The van der Waals surface area contributed by atoms with Gasteiger partial charge in [0.05, 0.1) is 18.6 Å². The molecule has 1 N–H and O–H groups in total. The van der Waals surface area contributed by atoms with Gasteiger partial charge in [0.2, 0.25) is 0 Å².